The van der Waals surface area contributed by atoms with Gasteiger partial charge in [0.05, 0.1) is 21.3 Å². The molecule has 0 amide bonds. The first-order valence-electron chi connectivity index (χ1n) is 6.95. The van der Waals surface area contributed by atoms with Crippen molar-refractivity contribution in [2.45, 2.75) is 20.4 Å². The molecule has 6 heteroatoms. The zero-order valence-corrected chi connectivity index (χ0v) is 14.7. The zero-order valence-electron chi connectivity index (χ0n) is 12.3. The lowest BCUT2D eigenvalue weighted by Crippen LogP contribution is -2.13. The van der Waals surface area contributed by atoms with Crippen molar-refractivity contribution in [3.63, 3.8) is 0 Å². The second kappa shape index (κ2) is 6.22. The molecule has 22 heavy (non-hydrogen) atoms. The monoisotopic (exact) mass is 378 g/mol. The summed E-state index contributed by atoms with van der Waals surface area (Å²) in [5.74, 6) is -0.327. The number of nitrogens with zero attached hydrogens (tertiary/aromatic N) is 2. The SMILES string of the molecule is CCOC(=O)c1c(Br)c2scnc2n1Cc1ccc(C)cc1. The summed E-state index contributed by atoms with van der Waals surface area (Å²) in [6, 6.07) is 8.26. The number of hydrogen-bond acceptors (Lipinski definition) is 4. The molecule has 0 saturated carbocycles. The summed E-state index contributed by atoms with van der Waals surface area (Å²) < 4.78 is 8.84. The van der Waals surface area contributed by atoms with Gasteiger partial charge >= 0.3 is 5.97 Å². The van der Waals surface area contributed by atoms with Crippen LogP contribution in [0.3, 0.4) is 0 Å². The number of aryl methyl sites for hydroxylation is 1. The average Bonchev–Trinajstić information content (AvgIpc) is 3.06. The summed E-state index contributed by atoms with van der Waals surface area (Å²) >= 11 is 5.04. The van der Waals surface area contributed by atoms with Crippen LogP contribution >= 0.6 is 27.3 Å². The van der Waals surface area contributed by atoms with Gasteiger partial charge in [-0.15, -0.1) is 11.3 Å². The molecule has 114 valence electrons. The highest BCUT2D eigenvalue weighted by Gasteiger charge is 2.24. The van der Waals surface area contributed by atoms with Crippen LogP contribution in [0.4, 0.5) is 0 Å². The fraction of sp³-hybridized carbons (Fsp3) is 0.250. The molecule has 0 N–H and O–H groups in total. The van der Waals surface area contributed by atoms with Gasteiger partial charge in [0.2, 0.25) is 0 Å². The lowest BCUT2D eigenvalue weighted by molar-refractivity contribution is 0.0514. The lowest BCUT2D eigenvalue weighted by atomic mass is 10.1. The van der Waals surface area contributed by atoms with Crippen LogP contribution in [0.5, 0.6) is 0 Å². The fourth-order valence-electron chi connectivity index (χ4n) is 2.34. The van der Waals surface area contributed by atoms with Gasteiger partial charge in [-0.1, -0.05) is 29.8 Å². The van der Waals surface area contributed by atoms with Crippen molar-refractivity contribution in [1.82, 2.24) is 9.55 Å². The maximum atomic E-state index is 12.3. The predicted octanol–water partition coefficient (Wildman–Crippen LogP) is 4.39. The van der Waals surface area contributed by atoms with E-state index in [1.165, 1.54) is 16.9 Å². The van der Waals surface area contributed by atoms with Crippen molar-refractivity contribution in [2.24, 2.45) is 0 Å². The summed E-state index contributed by atoms with van der Waals surface area (Å²) in [6.07, 6.45) is 0. The highest BCUT2D eigenvalue weighted by atomic mass is 79.9. The molecule has 0 atom stereocenters. The van der Waals surface area contributed by atoms with Gasteiger partial charge in [0.1, 0.15) is 5.69 Å². The minimum atomic E-state index is -0.327. The third kappa shape index (κ3) is 2.68. The molecular weight excluding hydrogens is 364 g/mol. The van der Waals surface area contributed by atoms with Gasteiger partial charge in [-0.05, 0) is 35.3 Å². The Bertz CT molecular complexity index is 821. The highest BCUT2D eigenvalue weighted by Crippen LogP contribution is 2.34. The number of benzene rings is 1. The van der Waals surface area contributed by atoms with E-state index in [0.29, 0.717) is 18.8 Å². The molecule has 3 rings (SSSR count). The van der Waals surface area contributed by atoms with E-state index in [4.69, 9.17) is 4.74 Å². The minimum absolute atomic E-state index is 0.327. The van der Waals surface area contributed by atoms with E-state index < -0.39 is 0 Å². The van der Waals surface area contributed by atoms with Crippen LogP contribution in [0.15, 0.2) is 34.2 Å². The molecule has 0 radical (unpaired) electrons. The molecule has 4 nitrogen and oxygen atoms in total. The maximum absolute atomic E-state index is 12.3. The Kier molecular flexibility index (Phi) is 4.31. The van der Waals surface area contributed by atoms with E-state index in [1.807, 2.05) is 4.57 Å². The molecule has 0 unspecified atom stereocenters. The van der Waals surface area contributed by atoms with Crippen molar-refractivity contribution < 1.29 is 9.53 Å². The number of fused-ring (bicyclic) bond motifs is 1. The Morgan fingerprint density at radius 1 is 1.36 bits per heavy atom. The summed E-state index contributed by atoms with van der Waals surface area (Å²) in [5, 5.41) is 0. The van der Waals surface area contributed by atoms with Gasteiger partial charge < -0.3 is 9.30 Å². The molecule has 2 aromatic heterocycles. The van der Waals surface area contributed by atoms with Crippen LogP contribution in [0.25, 0.3) is 10.3 Å². The molecule has 2 heterocycles. The summed E-state index contributed by atoms with van der Waals surface area (Å²) in [5.41, 5.74) is 5.45. The largest absolute Gasteiger partial charge is 0.461 e. The number of carbonyl (C=O) groups excluding carboxylic acids is 1. The number of hydrogen-bond donors (Lipinski definition) is 0. The number of halogens is 1. The average molecular weight is 379 g/mol. The van der Waals surface area contributed by atoms with Crippen LogP contribution in [-0.2, 0) is 11.3 Å². The van der Waals surface area contributed by atoms with Crippen molar-refractivity contribution in [1.29, 1.82) is 0 Å². The third-order valence-corrected chi connectivity index (χ3v) is 5.28. The van der Waals surface area contributed by atoms with Crippen LogP contribution < -0.4 is 0 Å². The molecular formula is C16H15BrN2O2S. The summed E-state index contributed by atoms with van der Waals surface area (Å²) in [6.45, 7) is 4.79. The van der Waals surface area contributed by atoms with Gasteiger partial charge in [-0.3, -0.25) is 0 Å². The first-order chi connectivity index (χ1) is 10.6. The van der Waals surface area contributed by atoms with Gasteiger partial charge in [-0.2, -0.15) is 0 Å². The van der Waals surface area contributed by atoms with Gasteiger partial charge in [0, 0.05) is 6.54 Å². The second-order valence-corrected chi connectivity index (χ2v) is 6.61. The standard InChI is InChI=1S/C16H15BrN2O2S/c1-3-21-16(20)13-12(17)14-15(18-9-22-14)19(13)8-11-6-4-10(2)5-7-11/h4-7,9H,3,8H2,1-2H3. The molecule has 0 saturated heterocycles. The predicted molar refractivity (Wildman–Crippen MR) is 91.5 cm³/mol. The Morgan fingerprint density at radius 3 is 2.77 bits per heavy atom. The van der Waals surface area contributed by atoms with Crippen molar-refractivity contribution >= 4 is 43.6 Å². The summed E-state index contributed by atoms with van der Waals surface area (Å²) in [7, 11) is 0. The number of esters is 1. The van der Waals surface area contributed by atoms with Crippen molar-refractivity contribution in [3.8, 4) is 0 Å². The number of aromatic nitrogens is 2. The molecule has 0 aliphatic carbocycles. The Hall–Kier alpha value is -1.66. The number of thiazole rings is 1. The summed E-state index contributed by atoms with van der Waals surface area (Å²) in [4.78, 5) is 16.7. The Labute approximate surface area is 140 Å². The fourth-order valence-corrected chi connectivity index (χ4v) is 3.90. The normalized spacial score (nSPS) is 11.0. The molecule has 0 spiro atoms. The first kappa shape index (κ1) is 15.2. The first-order valence-corrected chi connectivity index (χ1v) is 8.63. The number of carbonyl (C=O) groups is 1. The Balaban J connectivity index is 2.09. The van der Waals surface area contributed by atoms with Gasteiger partial charge in [-0.25, -0.2) is 9.78 Å². The van der Waals surface area contributed by atoms with E-state index in [0.717, 1.165) is 20.4 Å². The van der Waals surface area contributed by atoms with Crippen LogP contribution in [0.1, 0.15) is 28.5 Å². The van der Waals surface area contributed by atoms with Crippen molar-refractivity contribution in [3.05, 3.63) is 51.1 Å². The quantitative estimate of drug-likeness (QED) is 0.632. The number of ether oxygens (including phenoxy) is 1. The minimum Gasteiger partial charge on any atom is -0.461 e. The van der Waals surface area contributed by atoms with E-state index in [2.05, 4.69) is 52.1 Å². The van der Waals surface area contributed by atoms with E-state index in [1.54, 1.807) is 12.4 Å². The highest BCUT2D eigenvalue weighted by molar-refractivity contribution is 9.10. The smallest absolute Gasteiger partial charge is 0.356 e. The molecule has 3 aromatic rings. The maximum Gasteiger partial charge on any atom is 0.356 e. The van der Waals surface area contributed by atoms with E-state index in [9.17, 15) is 4.79 Å². The molecule has 0 fully saturated rings. The van der Waals surface area contributed by atoms with Gasteiger partial charge in [0.25, 0.3) is 0 Å². The third-order valence-electron chi connectivity index (χ3n) is 3.41. The molecule has 0 aliphatic heterocycles. The van der Waals surface area contributed by atoms with Crippen LogP contribution in [0.2, 0.25) is 0 Å². The number of rotatable bonds is 4. The van der Waals surface area contributed by atoms with Gasteiger partial charge in [0.15, 0.2) is 5.65 Å². The molecule has 0 bridgehead atoms. The van der Waals surface area contributed by atoms with Crippen LogP contribution in [-0.4, -0.2) is 22.1 Å². The molecule has 0 aliphatic rings. The topological polar surface area (TPSA) is 44.1 Å². The van der Waals surface area contributed by atoms with Crippen molar-refractivity contribution in [2.75, 3.05) is 6.61 Å². The lowest BCUT2D eigenvalue weighted by Gasteiger charge is -2.10. The van der Waals surface area contributed by atoms with E-state index in [-0.39, 0.29) is 5.97 Å². The van der Waals surface area contributed by atoms with Crippen LogP contribution in [0, 0.1) is 6.92 Å². The van der Waals surface area contributed by atoms with E-state index >= 15 is 0 Å². The zero-order chi connectivity index (χ0) is 15.7. The second-order valence-electron chi connectivity index (χ2n) is 4.96. The Morgan fingerprint density at radius 2 is 2.09 bits per heavy atom. The molecule has 1 aromatic carbocycles.